The molecule has 4 heteroatoms. The van der Waals surface area contributed by atoms with Gasteiger partial charge < -0.3 is 9.73 Å². The molecule has 0 amide bonds. The lowest BCUT2D eigenvalue weighted by molar-refractivity contribution is 0.518. The summed E-state index contributed by atoms with van der Waals surface area (Å²) in [7, 11) is 0. The van der Waals surface area contributed by atoms with Crippen LogP contribution < -0.4 is 5.32 Å². The van der Waals surface area contributed by atoms with Gasteiger partial charge in [-0.2, -0.15) is 0 Å². The van der Waals surface area contributed by atoms with E-state index in [0.717, 1.165) is 42.0 Å². The van der Waals surface area contributed by atoms with Gasteiger partial charge >= 0.3 is 0 Å². The fourth-order valence-electron chi connectivity index (χ4n) is 2.28. The van der Waals surface area contributed by atoms with Crippen LogP contribution in [0.1, 0.15) is 43.2 Å². The van der Waals surface area contributed by atoms with Gasteiger partial charge in [0.05, 0.1) is 0 Å². The summed E-state index contributed by atoms with van der Waals surface area (Å²) in [5.41, 5.74) is 0. The fraction of sp³-hybridized carbons (Fsp3) is 0.533. The van der Waals surface area contributed by atoms with Crippen molar-refractivity contribution in [3.63, 3.8) is 0 Å². The molecule has 0 saturated heterocycles. The van der Waals surface area contributed by atoms with Gasteiger partial charge in [0.15, 0.2) is 10.8 Å². The molecule has 2 unspecified atom stereocenters. The molecular formula is C15H20N2OS. The number of rotatable bonds is 6. The summed E-state index contributed by atoms with van der Waals surface area (Å²) in [4.78, 5) is 5.73. The Morgan fingerprint density at radius 3 is 3.05 bits per heavy atom. The predicted octanol–water partition coefficient (Wildman–Crippen LogP) is 4.03. The van der Waals surface area contributed by atoms with Crippen molar-refractivity contribution in [2.24, 2.45) is 5.92 Å². The zero-order chi connectivity index (χ0) is 13.2. The van der Waals surface area contributed by atoms with Crippen molar-refractivity contribution in [3.05, 3.63) is 29.0 Å². The van der Waals surface area contributed by atoms with Crippen molar-refractivity contribution < 1.29 is 4.42 Å². The first-order valence-corrected chi connectivity index (χ1v) is 7.85. The molecule has 0 spiro atoms. The minimum absolute atomic E-state index is 0.638. The Morgan fingerprint density at radius 2 is 2.32 bits per heavy atom. The Morgan fingerprint density at radius 1 is 1.47 bits per heavy atom. The molecule has 2 heterocycles. The lowest BCUT2D eigenvalue weighted by Crippen LogP contribution is -2.12. The van der Waals surface area contributed by atoms with E-state index in [2.05, 4.69) is 36.3 Å². The van der Waals surface area contributed by atoms with Crippen LogP contribution in [0.2, 0.25) is 0 Å². The van der Waals surface area contributed by atoms with E-state index in [1.807, 2.05) is 6.20 Å². The molecule has 0 radical (unpaired) electrons. The van der Waals surface area contributed by atoms with Crippen LogP contribution in [0.15, 0.2) is 22.7 Å². The summed E-state index contributed by atoms with van der Waals surface area (Å²) in [5, 5.41) is 4.39. The maximum absolute atomic E-state index is 5.93. The van der Waals surface area contributed by atoms with Crippen molar-refractivity contribution in [1.29, 1.82) is 0 Å². The summed E-state index contributed by atoms with van der Waals surface area (Å²) >= 11 is 1.72. The number of aromatic nitrogens is 1. The van der Waals surface area contributed by atoms with E-state index in [1.54, 1.807) is 11.3 Å². The molecule has 0 aromatic carbocycles. The highest BCUT2D eigenvalue weighted by molar-refractivity contribution is 7.14. The monoisotopic (exact) mass is 276 g/mol. The van der Waals surface area contributed by atoms with Crippen LogP contribution in [0.5, 0.6) is 0 Å². The number of hydrogen-bond acceptors (Lipinski definition) is 4. The van der Waals surface area contributed by atoms with Gasteiger partial charge in [0, 0.05) is 23.5 Å². The smallest absolute Gasteiger partial charge is 0.162 e. The highest BCUT2D eigenvalue weighted by Gasteiger charge is 2.36. The Labute approximate surface area is 118 Å². The van der Waals surface area contributed by atoms with Gasteiger partial charge in [0.1, 0.15) is 5.76 Å². The first kappa shape index (κ1) is 12.9. The molecule has 3 rings (SSSR count). The minimum atomic E-state index is 0.638. The van der Waals surface area contributed by atoms with Crippen LogP contribution >= 0.6 is 11.3 Å². The average Bonchev–Trinajstić information content (AvgIpc) is 2.87. The summed E-state index contributed by atoms with van der Waals surface area (Å²) < 4.78 is 5.93. The molecule has 19 heavy (non-hydrogen) atoms. The molecule has 1 N–H and O–H groups in total. The Bertz CT molecular complexity index is 546. The van der Waals surface area contributed by atoms with Crippen molar-refractivity contribution in [2.45, 2.75) is 39.2 Å². The number of nitrogens with one attached hydrogen (secondary N) is 1. The van der Waals surface area contributed by atoms with Gasteiger partial charge in [-0.3, -0.25) is 0 Å². The highest BCUT2D eigenvalue weighted by atomic mass is 32.1. The summed E-state index contributed by atoms with van der Waals surface area (Å²) in [6.45, 7) is 6.40. The fourth-order valence-corrected chi connectivity index (χ4v) is 3.12. The van der Waals surface area contributed by atoms with E-state index in [0.29, 0.717) is 5.92 Å². The molecule has 1 fully saturated rings. The topological polar surface area (TPSA) is 38.1 Å². The average molecular weight is 276 g/mol. The Kier molecular flexibility index (Phi) is 3.71. The van der Waals surface area contributed by atoms with Crippen molar-refractivity contribution in [1.82, 2.24) is 10.3 Å². The first-order chi connectivity index (χ1) is 9.28. The maximum atomic E-state index is 5.93. The second-order valence-electron chi connectivity index (χ2n) is 5.33. The highest BCUT2D eigenvalue weighted by Crippen LogP contribution is 2.48. The third-order valence-corrected chi connectivity index (χ3v) is 4.60. The lowest BCUT2D eigenvalue weighted by atomic mass is 10.3. The number of thiazole rings is 1. The molecular weight excluding hydrogens is 256 g/mol. The third-order valence-electron chi connectivity index (χ3n) is 3.59. The van der Waals surface area contributed by atoms with E-state index in [1.165, 1.54) is 11.3 Å². The van der Waals surface area contributed by atoms with Gasteiger partial charge in [-0.05, 0) is 37.4 Å². The lowest BCUT2D eigenvalue weighted by Gasteiger charge is -1.97. The van der Waals surface area contributed by atoms with Gasteiger partial charge in [-0.1, -0.05) is 13.8 Å². The SMILES string of the molecule is CCCNCc1cnc(-c2ccc(C3CC3C)o2)s1. The van der Waals surface area contributed by atoms with Gasteiger partial charge in [-0.25, -0.2) is 4.98 Å². The quantitative estimate of drug-likeness (QED) is 0.810. The van der Waals surface area contributed by atoms with Crippen LogP contribution in [-0.4, -0.2) is 11.5 Å². The van der Waals surface area contributed by atoms with Crippen molar-refractivity contribution >= 4 is 11.3 Å². The van der Waals surface area contributed by atoms with Gasteiger partial charge in [-0.15, -0.1) is 11.3 Å². The van der Waals surface area contributed by atoms with E-state index in [4.69, 9.17) is 4.42 Å². The van der Waals surface area contributed by atoms with Gasteiger partial charge in [0.2, 0.25) is 0 Å². The molecule has 1 saturated carbocycles. The largest absolute Gasteiger partial charge is 0.458 e. The second-order valence-corrected chi connectivity index (χ2v) is 6.45. The van der Waals surface area contributed by atoms with Gasteiger partial charge in [0.25, 0.3) is 0 Å². The van der Waals surface area contributed by atoms with Crippen LogP contribution in [0.3, 0.4) is 0 Å². The van der Waals surface area contributed by atoms with E-state index < -0.39 is 0 Å². The zero-order valence-electron chi connectivity index (χ0n) is 11.5. The van der Waals surface area contributed by atoms with E-state index >= 15 is 0 Å². The van der Waals surface area contributed by atoms with Crippen LogP contribution in [0.25, 0.3) is 10.8 Å². The molecule has 1 aliphatic rings. The molecule has 2 atom stereocenters. The van der Waals surface area contributed by atoms with E-state index in [9.17, 15) is 0 Å². The van der Waals surface area contributed by atoms with Crippen molar-refractivity contribution in [2.75, 3.05) is 6.54 Å². The van der Waals surface area contributed by atoms with E-state index in [-0.39, 0.29) is 0 Å². The molecule has 3 nitrogen and oxygen atoms in total. The maximum Gasteiger partial charge on any atom is 0.162 e. The molecule has 2 aromatic heterocycles. The molecule has 1 aliphatic carbocycles. The molecule has 0 bridgehead atoms. The Hall–Kier alpha value is -1.13. The third kappa shape index (κ3) is 2.90. The summed E-state index contributed by atoms with van der Waals surface area (Å²) in [5.74, 6) is 3.47. The molecule has 102 valence electrons. The van der Waals surface area contributed by atoms with Crippen LogP contribution in [0, 0.1) is 5.92 Å². The summed E-state index contributed by atoms with van der Waals surface area (Å²) in [6, 6.07) is 4.17. The predicted molar refractivity (Wildman–Crippen MR) is 78.3 cm³/mol. The zero-order valence-corrected chi connectivity index (χ0v) is 12.3. The molecule has 0 aliphatic heterocycles. The molecule has 2 aromatic rings. The minimum Gasteiger partial charge on any atom is -0.458 e. The number of furan rings is 1. The number of nitrogens with zero attached hydrogens (tertiary/aromatic N) is 1. The first-order valence-electron chi connectivity index (χ1n) is 7.03. The second kappa shape index (κ2) is 5.47. The Balaban J connectivity index is 1.66. The number of hydrogen-bond donors (Lipinski definition) is 1. The summed E-state index contributed by atoms with van der Waals surface area (Å²) in [6.07, 6.45) is 4.37. The normalized spacial score (nSPS) is 21.8. The van der Waals surface area contributed by atoms with Crippen LogP contribution in [0.4, 0.5) is 0 Å². The standard InChI is InChI=1S/C15H20N2OS/c1-3-6-16-8-11-9-17-15(19-11)14-5-4-13(18-14)12-7-10(12)2/h4-5,9-10,12,16H,3,6-8H2,1-2H3. The van der Waals surface area contributed by atoms with Crippen LogP contribution in [-0.2, 0) is 6.54 Å². The van der Waals surface area contributed by atoms with Crippen molar-refractivity contribution in [3.8, 4) is 10.8 Å².